The molecule has 0 aromatic heterocycles. The van der Waals surface area contributed by atoms with Gasteiger partial charge >= 0.3 is 0 Å². The van der Waals surface area contributed by atoms with Crippen molar-refractivity contribution in [2.24, 2.45) is 0 Å². The van der Waals surface area contributed by atoms with Crippen molar-refractivity contribution in [1.29, 1.82) is 0 Å². The first-order chi connectivity index (χ1) is 14.4. The molecule has 1 atom stereocenters. The van der Waals surface area contributed by atoms with Crippen LogP contribution in [-0.2, 0) is 21.2 Å². The van der Waals surface area contributed by atoms with Crippen molar-refractivity contribution >= 4 is 15.7 Å². The van der Waals surface area contributed by atoms with Gasteiger partial charge in [0.25, 0.3) is 5.91 Å². The maximum Gasteiger partial charge on any atom is 0.290 e. The average molecular weight is 423 g/mol. The molecule has 30 heavy (non-hydrogen) atoms. The Morgan fingerprint density at radius 1 is 0.867 bits per heavy atom. The van der Waals surface area contributed by atoms with Gasteiger partial charge in [-0.05, 0) is 35.4 Å². The Bertz CT molecular complexity index is 1210. The summed E-state index contributed by atoms with van der Waals surface area (Å²) in [6.07, 6.45) is 0. The second kappa shape index (κ2) is 7.76. The smallest absolute Gasteiger partial charge is 0.290 e. The van der Waals surface area contributed by atoms with Crippen LogP contribution < -0.4 is 0 Å². The van der Waals surface area contributed by atoms with Gasteiger partial charge in [-0.2, -0.15) is 0 Å². The number of hydrogen-bond donors (Lipinski definition) is 1. The molecule has 0 saturated heterocycles. The molecule has 0 bridgehead atoms. The molecule has 1 aliphatic rings. The van der Waals surface area contributed by atoms with Crippen molar-refractivity contribution in [1.82, 2.24) is 4.90 Å². The normalized spacial score (nSPS) is 16.9. The maximum absolute atomic E-state index is 13.4. The monoisotopic (exact) mass is 423 g/mol. The summed E-state index contributed by atoms with van der Waals surface area (Å²) in [6.45, 7) is 0.0105. The van der Waals surface area contributed by atoms with Crippen molar-refractivity contribution in [3.63, 3.8) is 0 Å². The molecule has 1 aliphatic heterocycles. The zero-order chi connectivity index (χ0) is 21.3. The Morgan fingerprint density at radius 3 is 2.03 bits per heavy atom. The fraction of sp³-hybridized carbons (Fsp3) is 0.0870. The van der Waals surface area contributed by atoms with Crippen molar-refractivity contribution in [3.05, 3.63) is 113 Å². The van der Waals surface area contributed by atoms with E-state index < -0.39 is 33.4 Å². The van der Waals surface area contributed by atoms with Crippen LogP contribution in [0.4, 0.5) is 4.39 Å². The molecule has 3 aromatic rings. The molecule has 0 spiro atoms. The van der Waals surface area contributed by atoms with Crippen LogP contribution in [-0.4, -0.2) is 24.3 Å². The summed E-state index contributed by atoms with van der Waals surface area (Å²) >= 11 is 0. The number of sulfone groups is 1. The number of benzene rings is 3. The summed E-state index contributed by atoms with van der Waals surface area (Å²) in [4.78, 5) is 13.8. The number of halogens is 1. The number of carbonyl (C=O) groups excluding carboxylic acids is 1. The van der Waals surface area contributed by atoms with E-state index in [1.54, 1.807) is 48.5 Å². The molecule has 4 rings (SSSR count). The van der Waals surface area contributed by atoms with Crippen LogP contribution in [0.15, 0.2) is 100 Å². The van der Waals surface area contributed by atoms with E-state index in [0.29, 0.717) is 11.1 Å². The van der Waals surface area contributed by atoms with Crippen LogP contribution in [0, 0.1) is 5.82 Å². The first-order valence-corrected chi connectivity index (χ1v) is 10.7. The highest BCUT2D eigenvalue weighted by Gasteiger charge is 2.46. The predicted octanol–water partition coefficient (Wildman–Crippen LogP) is 4.15. The molecule has 1 unspecified atom stereocenters. The number of carbonyl (C=O) groups is 1. The van der Waals surface area contributed by atoms with Crippen LogP contribution >= 0.6 is 0 Å². The lowest BCUT2D eigenvalue weighted by Gasteiger charge is -2.27. The summed E-state index contributed by atoms with van der Waals surface area (Å²) in [5.74, 6) is -2.00. The van der Waals surface area contributed by atoms with E-state index in [0.717, 1.165) is 0 Å². The highest BCUT2D eigenvalue weighted by molar-refractivity contribution is 7.95. The summed E-state index contributed by atoms with van der Waals surface area (Å²) in [6, 6.07) is 20.9. The van der Waals surface area contributed by atoms with Gasteiger partial charge in [-0.3, -0.25) is 4.79 Å². The van der Waals surface area contributed by atoms with E-state index in [2.05, 4.69) is 0 Å². The SMILES string of the molecule is O=C1C(O)=C(S(=O)(=O)c2ccccc2)C(c2ccccc2)N1Cc1ccc(F)cc1. The van der Waals surface area contributed by atoms with Gasteiger partial charge in [0, 0.05) is 6.54 Å². The lowest BCUT2D eigenvalue weighted by Crippen LogP contribution is -2.30. The van der Waals surface area contributed by atoms with Crippen LogP contribution in [0.1, 0.15) is 17.2 Å². The second-order valence-corrected chi connectivity index (χ2v) is 8.82. The van der Waals surface area contributed by atoms with Crippen molar-refractivity contribution in [2.75, 3.05) is 0 Å². The van der Waals surface area contributed by atoms with Gasteiger partial charge in [0.05, 0.1) is 10.9 Å². The predicted molar refractivity (Wildman–Crippen MR) is 109 cm³/mol. The molecule has 3 aromatic carbocycles. The van der Waals surface area contributed by atoms with Crippen LogP contribution in [0.2, 0.25) is 0 Å². The standard InChI is InChI=1S/C23H18FNO4S/c24-18-13-11-16(12-14-18)15-25-20(17-7-3-1-4-8-17)22(21(26)23(25)27)30(28,29)19-9-5-2-6-10-19/h1-14,20,26H,15H2. The molecule has 152 valence electrons. The Morgan fingerprint density at radius 2 is 1.43 bits per heavy atom. The van der Waals surface area contributed by atoms with Crippen molar-refractivity contribution in [3.8, 4) is 0 Å². The fourth-order valence-electron chi connectivity index (χ4n) is 3.55. The molecule has 7 heteroatoms. The van der Waals surface area contributed by atoms with E-state index in [9.17, 15) is 22.7 Å². The number of hydrogen-bond acceptors (Lipinski definition) is 4. The third kappa shape index (κ3) is 3.48. The minimum atomic E-state index is -4.14. The highest BCUT2D eigenvalue weighted by atomic mass is 32.2. The van der Waals surface area contributed by atoms with Gasteiger partial charge in [0.1, 0.15) is 10.7 Å². The van der Waals surface area contributed by atoms with E-state index >= 15 is 0 Å². The maximum atomic E-state index is 13.4. The summed E-state index contributed by atoms with van der Waals surface area (Å²) < 4.78 is 40.0. The van der Waals surface area contributed by atoms with Crippen LogP contribution in [0.3, 0.4) is 0 Å². The highest BCUT2D eigenvalue weighted by Crippen LogP contribution is 2.43. The molecule has 0 fully saturated rings. The van der Waals surface area contributed by atoms with Gasteiger partial charge in [0.15, 0.2) is 5.76 Å². The minimum Gasteiger partial charge on any atom is -0.502 e. The Labute approximate surface area is 173 Å². The number of nitrogens with zero attached hydrogens (tertiary/aromatic N) is 1. The minimum absolute atomic E-state index is 0.0103. The number of amides is 1. The second-order valence-electron chi connectivity index (χ2n) is 6.90. The van der Waals surface area contributed by atoms with Crippen LogP contribution in [0.25, 0.3) is 0 Å². The van der Waals surface area contributed by atoms with Gasteiger partial charge < -0.3 is 10.0 Å². The molecular formula is C23H18FNO4S. The van der Waals surface area contributed by atoms with E-state index in [-0.39, 0.29) is 16.3 Å². The topological polar surface area (TPSA) is 74.7 Å². The van der Waals surface area contributed by atoms with Crippen molar-refractivity contribution < 1.29 is 22.7 Å². The summed E-state index contributed by atoms with van der Waals surface area (Å²) in [5.41, 5.74) is 1.16. The number of aliphatic hydroxyl groups is 1. The zero-order valence-corrected chi connectivity index (χ0v) is 16.6. The first kappa shape index (κ1) is 19.8. The van der Waals surface area contributed by atoms with Crippen LogP contribution in [0.5, 0.6) is 0 Å². The molecule has 0 saturated carbocycles. The largest absolute Gasteiger partial charge is 0.502 e. The summed E-state index contributed by atoms with van der Waals surface area (Å²) in [7, 11) is -4.14. The molecule has 1 amide bonds. The fourth-order valence-corrected chi connectivity index (χ4v) is 5.22. The Kier molecular flexibility index (Phi) is 5.13. The van der Waals surface area contributed by atoms with E-state index in [1.165, 1.54) is 41.3 Å². The quantitative estimate of drug-likeness (QED) is 0.669. The Balaban J connectivity index is 1.84. The number of rotatable bonds is 5. The average Bonchev–Trinajstić information content (AvgIpc) is 3.02. The van der Waals surface area contributed by atoms with Crippen molar-refractivity contribution in [2.45, 2.75) is 17.5 Å². The lowest BCUT2D eigenvalue weighted by molar-refractivity contribution is -0.130. The number of aliphatic hydroxyl groups excluding tert-OH is 1. The molecule has 1 heterocycles. The summed E-state index contributed by atoms with van der Waals surface area (Å²) in [5, 5.41) is 10.6. The molecule has 0 radical (unpaired) electrons. The third-order valence-electron chi connectivity index (χ3n) is 4.98. The van der Waals surface area contributed by atoms with Gasteiger partial charge in [-0.25, -0.2) is 12.8 Å². The molecule has 1 N–H and O–H groups in total. The third-order valence-corrected chi connectivity index (χ3v) is 6.87. The van der Waals surface area contributed by atoms with E-state index in [4.69, 9.17) is 0 Å². The molecule has 5 nitrogen and oxygen atoms in total. The zero-order valence-electron chi connectivity index (χ0n) is 15.8. The Hall–Kier alpha value is -3.45. The lowest BCUT2D eigenvalue weighted by atomic mass is 10.1. The van der Waals surface area contributed by atoms with Gasteiger partial charge in [-0.1, -0.05) is 60.7 Å². The van der Waals surface area contributed by atoms with Gasteiger partial charge in [-0.15, -0.1) is 0 Å². The van der Waals surface area contributed by atoms with Gasteiger partial charge in [0.2, 0.25) is 9.84 Å². The molecule has 0 aliphatic carbocycles. The first-order valence-electron chi connectivity index (χ1n) is 9.23. The molecular weight excluding hydrogens is 405 g/mol. The van der Waals surface area contributed by atoms with E-state index in [1.807, 2.05) is 0 Å².